The van der Waals surface area contributed by atoms with Crippen LogP contribution in [0.3, 0.4) is 0 Å². The molecule has 1 aliphatic carbocycles. The summed E-state index contributed by atoms with van der Waals surface area (Å²) in [6.07, 6.45) is 4.73. The van der Waals surface area contributed by atoms with E-state index in [1.165, 1.54) is 23.3 Å². The van der Waals surface area contributed by atoms with Gasteiger partial charge >= 0.3 is 0 Å². The van der Waals surface area contributed by atoms with E-state index in [1.807, 2.05) is 30.3 Å². The number of amides is 1. The SMILES string of the molecule is CC(=O)n1c(SC2(C(=O)Nc3ccccc3)CC2)nnc1-c1ccncc1. The Kier molecular flexibility index (Phi) is 4.49. The first kappa shape index (κ1) is 17.4. The van der Waals surface area contributed by atoms with Gasteiger partial charge in [-0.15, -0.1) is 10.2 Å². The van der Waals surface area contributed by atoms with Gasteiger partial charge in [0.2, 0.25) is 11.8 Å². The number of benzene rings is 1. The van der Waals surface area contributed by atoms with Gasteiger partial charge in [-0.3, -0.25) is 14.6 Å². The predicted octanol–water partition coefficient (Wildman–Crippen LogP) is 3.26. The second-order valence-corrected chi connectivity index (χ2v) is 7.66. The largest absolute Gasteiger partial charge is 0.325 e. The van der Waals surface area contributed by atoms with E-state index >= 15 is 0 Å². The second kappa shape index (κ2) is 6.96. The molecule has 0 atom stereocenters. The zero-order valence-electron chi connectivity index (χ0n) is 14.6. The van der Waals surface area contributed by atoms with Crippen molar-refractivity contribution in [3.8, 4) is 11.4 Å². The van der Waals surface area contributed by atoms with E-state index < -0.39 is 4.75 Å². The van der Waals surface area contributed by atoms with E-state index in [1.54, 1.807) is 24.5 Å². The van der Waals surface area contributed by atoms with E-state index in [0.717, 1.165) is 24.1 Å². The highest BCUT2D eigenvalue weighted by molar-refractivity contribution is 8.01. The first-order valence-corrected chi connectivity index (χ1v) is 9.33. The maximum absolute atomic E-state index is 12.8. The molecule has 0 spiro atoms. The Morgan fingerprint density at radius 3 is 2.41 bits per heavy atom. The summed E-state index contributed by atoms with van der Waals surface area (Å²) in [5.41, 5.74) is 1.50. The maximum atomic E-state index is 12.8. The van der Waals surface area contributed by atoms with Crippen molar-refractivity contribution in [2.75, 3.05) is 5.32 Å². The van der Waals surface area contributed by atoms with Gasteiger partial charge in [0.05, 0.1) is 0 Å². The van der Waals surface area contributed by atoms with Crippen molar-refractivity contribution < 1.29 is 9.59 Å². The molecule has 1 fully saturated rings. The van der Waals surface area contributed by atoms with Gasteiger partial charge in [-0.1, -0.05) is 30.0 Å². The zero-order valence-corrected chi connectivity index (χ0v) is 15.4. The average Bonchev–Trinajstić information content (AvgIpc) is 3.34. The molecule has 2 aromatic heterocycles. The molecule has 2 heterocycles. The van der Waals surface area contributed by atoms with Gasteiger partial charge < -0.3 is 5.32 Å². The normalized spacial score (nSPS) is 14.6. The number of carbonyl (C=O) groups is 2. The summed E-state index contributed by atoms with van der Waals surface area (Å²) >= 11 is 1.30. The molecule has 0 saturated heterocycles. The lowest BCUT2D eigenvalue weighted by molar-refractivity contribution is -0.116. The van der Waals surface area contributed by atoms with Crippen LogP contribution in [0.1, 0.15) is 24.6 Å². The lowest BCUT2D eigenvalue weighted by atomic mass is 10.2. The van der Waals surface area contributed by atoms with Gasteiger partial charge in [0.15, 0.2) is 11.0 Å². The quantitative estimate of drug-likeness (QED) is 0.732. The molecular weight excluding hydrogens is 362 g/mol. The van der Waals surface area contributed by atoms with Gasteiger partial charge in [-0.25, -0.2) is 4.57 Å². The highest BCUT2D eigenvalue weighted by atomic mass is 32.2. The summed E-state index contributed by atoms with van der Waals surface area (Å²) in [5.74, 6) is 0.169. The van der Waals surface area contributed by atoms with Crippen molar-refractivity contribution in [3.05, 3.63) is 54.9 Å². The lowest BCUT2D eigenvalue weighted by Gasteiger charge is -2.15. The molecule has 8 heteroatoms. The summed E-state index contributed by atoms with van der Waals surface area (Å²) in [6, 6.07) is 12.9. The molecule has 136 valence electrons. The van der Waals surface area contributed by atoms with Crippen molar-refractivity contribution >= 4 is 29.3 Å². The van der Waals surface area contributed by atoms with Crippen molar-refractivity contribution in [2.24, 2.45) is 0 Å². The van der Waals surface area contributed by atoms with Crippen LogP contribution in [-0.4, -0.2) is 36.3 Å². The number of aromatic nitrogens is 4. The van der Waals surface area contributed by atoms with Gasteiger partial charge in [0.1, 0.15) is 4.75 Å². The molecule has 27 heavy (non-hydrogen) atoms. The second-order valence-electron chi connectivity index (χ2n) is 6.31. The number of hydrogen-bond acceptors (Lipinski definition) is 6. The van der Waals surface area contributed by atoms with E-state index in [2.05, 4.69) is 20.5 Å². The fourth-order valence-electron chi connectivity index (χ4n) is 2.74. The van der Waals surface area contributed by atoms with Gasteiger partial charge in [0, 0.05) is 30.6 Å². The first-order valence-electron chi connectivity index (χ1n) is 8.51. The molecule has 0 unspecified atom stereocenters. The molecule has 3 aromatic rings. The van der Waals surface area contributed by atoms with Gasteiger partial charge in [-0.05, 0) is 37.1 Å². The van der Waals surface area contributed by atoms with Crippen LogP contribution < -0.4 is 5.32 Å². The molecule has 7 nitrogen and oxygen atoms in total. The minimum atomic E-state index is -0.619. The number of pyridine rings is 1. The number of carbonyl (C=O) groups excluding carboxylic acids is 2. The number of rotatable bonds is 5. The molecule has 0 radical (unpaired) electrons. The number of para-hydroxylation sites is 1. The molecule has 1 N–H and O–H groups in total. The average molecular weight is 379 g/mol. The maximum Gasteiger partial charge on any atom is 0.241 e. The Balaban J connectivity index is 1.60. The number of anilines is 1. The van der Waals surface area contributed by atoms with Crippen LogP contribution in [0.4, 0.5) is 5.69 Å². The van der Waals surface area contributed by atoms with Crippen LogP contribution in [0.25, 0.3) is 11.4 Å². The first-order chi connectivity index (χ1) is 13.1. The van der Waals surface area contributed by atoms with Crippen molar-refractivity contribution in [1.29, 1.82) is 0 Å². The third-order valence-corrected chi connectivity index (χ3v) is 5.75. The Morgan fingerprint density at radius 1 is 1.07 bits per heavy atom. The number of nitrogens with one attached hydrogen (secondary N) is 1. The summed E-state index contributed by atoms with van der Waals surface area (Å²) < 4.78 is 0.835. The number of hydrogen-bond donors (Lipinski definition) is 1. The Morgan fingerprint density at radius 2 is 1.78 bits per heavy atom. The Hall–Kier alpha value is -3.00. The van der Waals surface area contributed by atoms with Crippen molar-refractivity contribution in [3.63, 3.8) is 0 Å². The van der Waals surface area contributed by atoms with Crippen molar-refractivity contribution in [1.82, 2.24) is 19.7 Å². The Labute approximate surface area is 160 Å². The van der Waals surface area contributed by atoms with E-state index in [-0.39, 0.29) is 11.8 Å². The predicted molar refractivity (Wildman–Crippen MR) is 102 cm³/mol. The van der Waals surface area contributed by atoms with Crippen molar-refractivity contribution in [2.45, 2.75) is 29.7 Å². The van der Waals surface area contributed by atoms with E-state index in [9.17, 15) is 9.59 Å². The summed E-state index contributed by atoms with van der Waals surface area (Å²) in [7, 11) is 0. The summed E-state index contributed by atoms with van der Waals surface area (Å²) in [5, 5.41) is 11.7. The number of thioether (sulfide) groups is 1. The standard InChI is InChI=1S/C19H17N5O2S/c1-13(25)24-16(14-7-11-20-12-8-14)22-23-18(24)27-19(9-10-19)17(26)21-15-5-3-2-4-6-15/h2-8,11-12H,9-10H2,1H3,(H,21,26). The highest BCUT2D eigenvalue weighted by Gasteiger charge is 2.52. The fourth-order valence-corrected chi connectivity index (χ4v) is 3.93. The number of nitrogens with zero attached hydrogens (tertiary/aromatic N) is 4. The molecule has 1 aromatic carbocycles. The molecule has 1 amide bonds. The lowest BCUT2D eigenvalue weighted by Crippen LogP contribution is -2.27. The molecule has 0 bridgehead atoms. The van der Waals surface area contributed by atoms with Gasteiger partial charge in [-0.2, -0.15) is 0 Å². The fraction of sp³-hybridized carbons (Fsp3) is 0.211. The molecular formula is C19H17N5O2S. The van der Waals surface area contributed by atoms with Crippen LogP contribution in [0.5, 0.6) is 0 Å². The van der Waals surface area contributed by atoms with E-state index in [4.69, 9.17) is 0 Å². The summed E-state index contributed by atoms with van der Waals surface area (Å²) in [4.78, 5) is 29.0. The van der Waals surface area contributed by atoms with Crippen LogP contribution in [-0.2, 0) is 4.79 Å². The van der Waals surface area contributed by atoms with Crippen LogP contribution in [0.2, 0.25) is 0 Å². The molecule has 1 aliphatic rings. The van der Waals surface area contributed by atoms with Crippen LogP contribution >= 0.6 is 11.8 Å². The monoisotopic (exact) mass is 379 g/mol. The van der Waals surface area contributed by atoms with Crippen LogP contribution in [0, 0.1) is 0 Å². The summed E-state index contributed by atoms with van der Waals surface area (Å²) in [6.45, 7) is 1.46. The van der Waals surface area contributed by atoms with Crippen LogP contribution in [0.15, 0.2) is 60.0 Å². The smallest absolute Gasteiger partial charge is 0.241 e. The molecule has 1 saturated carbocycles. The highest BCUT2D eigenvalue weighted by Crippen LogP contribution is 2.52. The third-order valence-electron chi connectivity index (χ3n) is 4.32. The zero-order chi connectivity index (χ0) is 18.9. The minimum Gasteiger partial charge on any atom is -0.325 e. The van der Waals surface area contributed by atoms with Gasteiger partial charge in [0.25, 0.3) is 0 Å². The topological polar surface area (TPSA) is 89.8 Å². The van der Waals surface area contributed by atoms with E-state index in [0.29, 0.717) is 11.0 Å². The molecule has 0 aliphatic heterocycles. The molecule has 4 rings (SSSR count). The third kappa shape index (κ3) is 3.48. The Bertz CT molecular complexity index is 984. The minimum absolute atomic E-state index is 0.0812.